The first-order valence-corrected chi connectivity index (χ1v) is 31.7. The van der Waals surface area contributed by atoms with Crippen molar-refractivity contribution in [3.05, 3.63) is 238 Å². The van der Waals surface area contributed by atoms with E-state index in [4.69, 9.17) is 35.9 Å². The molecule has 1 unspecified atom stereocenters. The largest absolute Gasteiger partial charge is 0.468 e. The van der Waals surface area contributed by atoms with Crippen molar-refractivity contribution in [3.63, 3.8) is 0 Å². The molecule has 0 spiro atoms. The van der Waals surface area contributed by atoms with Crippen LogP contribution < -0.4 is 22.1 Å². The molecule has 0 bridgehead atoms. The van der Waals surface area contributed by atoms with Gasteiger partial charge in [0.05, 0.1) is 123 Å². The molecule has 0 aliphatic carbocycles. The number of nitrogens with one attached hydrogen (secondary N) is 2. The lowest BCUT2D eigenvalue weighted by Crippen LogP contribution is -2.28. The predicted molar refractivity (Wildman–Crippen MR) is 373 cm³/mol. The fraction of sp³-hybridized carbons (Fsp3) is 0.320. The summed E-state index contributed by atoms with van der Waals surface area (Å²) in [5, 5.41) is 23.9. The standard InChI is InChI=1S/C23H23N7O2.C12H14O4.C11H13NO4.C10H14O2.C10H12O.C9H11NO/c1-14(28-23(31)18-7-21-20(9-24-18)27-13-30(21)2)19-8-26-22(10-25-19)29-17-5-3-15(4-6-17)16-11-32-12-16;1-8-4-6-9(7-5-8)10(11(13)15-2)12(14)16-3;1-15-10(13)9(11(14)16-2)7-3-5-8(12)6-4-7;1-8-2-4-9(5-3-8)10(6-11)7-12;1-8-2-4-9(5-3-8)10-6-11-7-10;10-9-3-1-7(2-4-9)8-5-11-6-8/h3-10,13-14,16H,11-12H2,1-2H3,(H,26,29)(H,28,31);4-7,10H,1-3H3;3-6,9H,12H2,1-2H3;2-5,10-12H,6-7H2,1H3;2-5,10H,6-7H2,1H3;1-4,8H,5-6,10H2. The van der Waals surface area contributed by atoms with Gasteiger partial charge in [0.1, 0.15) is 17.0 Å². The Morgan fingerprint density at radius 3 is 1.30 bits per heavy atom. The predicted octanol–water partition coefficient (Wildman–Crippen LogP) is 9.78. The van der Waals surface area contributed by atoms with Crippen LogP contribution in [0.4, 0.5) is 22.9 Å². The summed E-state index contributed by atoms with van der Waals surface area (Å²) in [6.07, 6.45) is 6.61. The Hall–Kier alpha value is -10.4. The second kappa shape index (κ2) is 37.8. The number of nitrogens with two attached hydrogens (primary N) is 2. The number of rotatable bonds is 17. The Labute approximate surface area is 570 Å². The zero-order valence-corrected chi connectivity index (χ0v) is 56.6. The Balaban J connectivity index is 0.000000176. The summed E-state index contributed by atoms with van der Waals surface area (Å²) < 4.78 is 35.6. The van der Waals surface area contributed by atoms with Gasteiger partial charge in [-0.05, 0) is 104 Å². The maximum absolute atomic E-state index is 12.6. The maximum Gasteiger partial charge on any atom is 0.324 e. The van der Waals surface area contributed by atoms with Gasteiger partial charge >= 0.3 is 23.9 Å². The van der Waals surface area contributed by atoms with Crippen molar-refractivity contribution in [2.75, 3.05) is 98.1 Å². The smallest absolute Gasteiger partial charge is 0.324 e. The summed E-state index contributed by atoms with van der Waals surface area (Å²) in [6.45, 7) is 13.0. The number of nitrogens with zero attached hydrogens (tertiary/aromatic N) is 5. The lowest BCUT2D eigenvalue weighted by atomic mass is 9.97. The van der Waals surface area contributed by atoms with Crippen molar-refractivity contribution >= 4 is 63.7 Å². The van der Waals surface area contributed by atoms with Crippen LogP contribution in [0.5, 0.6) is 0 Å². The number of aliphatic hydroxyl groups is 2. The number of hydrogen-bond acceptors (Lipinski definition) is 21. The van der Waals surface area contributed by atoms with Gasteiger partial charge in [0.2, 0.25) is 0 Å². The average molecular weight is 1340 g/mol. The van der Waals surface area contributed by atoms with Crippen molar-refractivity contribution in [3.8, 4) is 0 Å². The molecule has 23 nitrogen and oxygen atoms in total. The minimum atomic E-state index is -1.06. The summed E-state index contributed by atoms with van der Waals surface area (Å²) in [5.41, 5.74) is 25.6. The number of imidazole rings is 1. The first-order valence-electron chi connectivity index (χ1n) is 31.7. The van der Waals surface area contributed by atoms with Crippen LogP contribution in [0, 0.1) is 20.8 Å². The van der Waals surface area contributed by atoms with E-state index in [0.29, 0.717) is 51.8 Å². The second-order valence-corrected chi connectivity index (χ2v) is 23.5. The number of nitrogen functional groups attached to an aromatic ring is 2. The van der Waals surface area contributed by atoms with Gasteiger partial charge in [0.25, 0.3) is 5.91 Å². The molecule has 1 amide bonds. The third-order valence-electron chi connectivity index (χ3n) is 16.3. The fourth-order valence-corrected chi connectivity index (χ4v) is 9.77. The van der Waals surface area contributed by atoms with E-state index in [1.165, 1.54) is 56.3 Å². The number of amides is 1. The van der Waals surface area contributed by atoms with Crippen molar-refractivity contribution < 1.29 is 67.3 Å². The SMILES string of the molecule is CC(NC(=O)c1cc2c(cn1)ncn2C)c1cnc(Nc2ccc(C3COC3)cc2)cn1.COC(=O)C(C(=O)OC)c1ccc(C)cc1.COC(=O)C(C(=O)OC)c1ccc(N)cc1.Cc1ccc(C(CO)CO)cc1.Cc1ccc(C2COC2)cc1.Nc1ccc(C2COC2)cc1. The number of aromatic nitrogens is 5. The third kappa shape index (κ3) is 21.8. The van der Waals surface area contributed by atoms with Crippen LogP contribution in [0.3, 0.4) is 0 Å². The molecule has 516 valence electrons. The normalized spacial score (nSPS) is 13.4. The molecular formula is C75H87N9O14. The first-order chi connectivity index (χ1) is 47.2. The highest BCUT2D eigenvalue weighted by atomic mass is 16.6. The highest BCUT2D eigenvalue weighted by Crippen LogP contribution is 2.28. The number of pyridine rings is 1. The van der Waals surface area contributed by atoms with E-state index in [2.05, 4.69) is 105 Å². The first kappa shape index (κ1) is 75.0. The summed E-state index contributed by atoms with van der Waals surface area (Å²) in [6, 6.07) is 47.7. The molecule has 0 saturated carbocycles. The van der Waals surface area contributed by atoms with Crippen LogP contribution in [-0.4, -0.2) is 146 Å². The van der Waals surface area contributed by atoms with Crippen molar-refractivity contribution in [2.45, 2.75) is 69.2 Å². The second-order valence-electron chi connectivity index (χ2n) is 23.5. The maximum atomic E-state index is 12.6. The number of benzene rings is 6. The molecule has 3 saturated heterocycles. The van der Waals surface area contributed by atoms with E-state index in [1.807, 2.05) is 93.0 Å². The molecular weight excluding hydrogens is 1250 g/mol. The Bertz CT molecular complexity index is 3790. The number of carbonyl (C=O) groups excluding carboxylic acids is 5. The molecule has 9 aromatic rings. The summed E-state index contributed by atoms with van der Waals surface area (Å²) in [7, 11) is 6.80. The van der Waals surface area contributed by atoms with Crippen LogP contribution >= 0.6 is 0 Å². The number of fused-ring (bicyclic) bond motifs is 1. The summed E-state index contributed by atoms with van der Waals surface area (Å²) in [4.78, 5) is 75.8. The molecule has 1 atom stereocenters. The van der Waals surface area contributed by atoms with E-state index in [9.17, 15) is 24.0 Å². The quantitative estimate of drug-likeness (QED) is 0.0214. The number of hydrogen-bond donors (Lipinski definition) is 6. The Morgan fingerprint density at radius 1 is 0.520 bits per heavy atom. The fourth-order valence-electron chi connectivity index (χ4n) is 9.77. The molecule has 98 heavy (non-hydrogen) atoms. The van der Waals surface area contributed by atoms with Crippen LogP contribution in [0.25, 0.3) is 11.0 Å². The van der Waals surface area contributed by atoms with E-state index >= 15 is 0 Å². The average Bonchev–Trinajstić information content (AvgIpc) is 1.67. The van der Waals surface area contributed by atoms with Gasteiger partial charge in [-0.3, -0.25) is 29.0 Å². The molecule has 3 aromatic heterocycles. The minimum Gasteiger partial charge on any atom is -0.468 e. The van der Waals surface area contributed by atoms with Crippen LogP contribution in [-0.2, 0) is 59.4 Å². The van der Waals surface area contributed by atoms with Gasteiger partial charge in [-0.1, -0.05) is 126 Å². The number of anilines is 4. The minimum absolute atomic E-state index is 0.000436. The zero-order chi connectivity index (χ0) is 70.7. The van der Waals surface area contributed by atoms with E-state index in [0.717, 1.165) is 73.2 Å². The zero-order valence-electron chi connectivity index (χ0n) is 56.6. The molecule has 23 heteroatoms. The number of ether oxygens (including phenoxy) is 7. The number of carbonyl (C=O) groups is 5. The summed E-state index contributed by atoms with van der Waals surface area (Å²) >= 11 is 0. The molecule has 6 aromatic carbocycles. The van der Waals surface area contributed by atoms with Crippen LogP contribution in [0.2, 0.25) is 0 Å². The van der Waals surface area contributed by atoms with Crippen LogP contribution in [0.15, 0.2) is 177 Å². The molecule has 12 rings (SSSR count). The number of methoxy groups -OCH3 is 4. The van der Waals surface area contributed by atoms with Gasteiger partial charge in [0, 0.05) is 47.8 Å². The highest BCUT2D eigenvalue weighted by molar-refractivity contribution is 6.01. The molecule has 0 radical (unpaired) electrons. The Morgan fingerprint density at radius 2 is 0.908 bits per heavy atom. The topological polar surface area (TPSA) is 323 Å². The lowest BCUT2D eigenvalue weighted by Gasteiger charge is -2.26. The van der Waals surface area contributed by atoms with Gasteiger partial charge in [-0.2, -0.15) is 0 Å². The monoisotopic (exact) mass is 1340 g/mol. The molecule has 6 heterocycles. The number of aliphatic hydroxyl groups excluding tert-OH is 2. The highest BCUT2D eigenvalue weighted by Gasteiger charge is 2.32. The number of aryl methyl sites for hydroxylation is 4. The van der Waals surface area contributed by atoms with Crippen molar-refractivity contribution in [2.24, 2.45) is 7.05 Å². The van der Waals surface area contributed by atoms with E-state index < -0.39 is 35.7 Å². The van der Waals surface area contributed by atoms with E-state index in [1.54, 1.807) is 67.4 Å². The van der Waals surface area contributed by atoms with Gasteiger partial charge in [-0.15, -0.1) is 0 Å². The van der Waals surface area contributed by atoms with E-state index in [-0.39, 0.29) is 31.1 Å². The number of esters is 4. The summed E-state index contributed by atoms with van der Waals surface area (Å²) in [5.74, 6) is -2.61. The van der Waals surface area contributed by atoms with Gasteiger partial charge < -0.3 is 70.0 Å². The molecule has 3 aliphatic heterocycles. The van der Waals surface area contributed by atoms with Gasteiger partial charge in [0.15, 0.2) is 11.8 Å². The molecule has 8 N–H and O–H groups in total. The van der Waals surface area contributed by atoms with Gasteiger partial charge in [-0.25, -0.2) is 15.0 Å². The Kier molecular flexibility index (Phi) is 28.9. The van der Waals surface area contributed by atoms with Crippen molar-refractivity contribution in [1.29, 1.82) is 0 Å². The molecule has 3 fully saturated rings. The molecule has 3 aliphatic rings. The van der Waals surface area contributed by atoms with Crippen molar-refractivity contribution in [1.82, 2.24) is 29.8 Å². The lowest BCUT2D eigenvalue weighted by molar-refractivity contribution is -0.156. The van der Waals surface area contributed by atoms with Crippen LogP contribution in [0.1, 0.15) is 115 Å². The third-order valence-corrected chi connectivity index (χ3v) is 16.3.